The number of aromatic nitrogens is 1. The summed E-state index contributed by atoms with van der Waals surface area (Å²) in [5, 5.41) is 3.55. The number of hydrogen-bond donors (Lipinski definition) is 1. The minimum Gasteiger partial charge on any atom is -0.347 e. The third-order valence-corrected chi connectivity index (χ3v) is 4.63. The van der Waals surface area contributed by atoms with Gasteiger partial charge in [-0.1, -0.05) is 60.1 Å². The Morgan fingerprint density at radius 2 is 1.81 bits per heavy atom. The molecule has 3 rings (SSSR count). The van der Waals surface area contributed by atoms with Gasteiger partial charge < -0.3 is 14.8 Å². The van der Waals surface area contributed by atoms with Crippen molar-refractivity contribution < 1.29 is 4.79 Å². The molecule has 0 bridgehead atoms. The Labute approximate surface area is 165 Å². The number of carbonyl (C=O) groups excluding carboxylic acids is 1. The molecule has 4 nitrogen and oxygen atoms in total. The second-order valence-electron chi connectivity index (χ2n) is 6.93. The van der Waals surface area contributed by atoms with E-state index in [0.717, 1.165) is 23.2 Å². The molecule has 0 radical (unpaired) electrons. The standard InChI is InChI=1S/C22H24ClN3O/c1-25(2)14-16-8-10-17(11-9-16)20-7-5-4-6-18(20)13-24-22(27)21-12-19(23)15-26(21)3/h4-12,15H,13-14H2,1-3H3,(H,24,27). The topological polar surface area (TPSA) is 37.3 Å². The quantitative estimate of drug-likeness (QED) is 0.689. The van der Waals surface area contributed by atoms with Crippen LogP contribution in [0.5, 0.6) is 0 Å². The SMILES string of the molecule is CN(C)Cc1ccc(-c2ccccc2CNC(=O)c2cc(Cl)cn2C)cc1. The lowest BCUT2D eigenvalue weighted by molar-refractivity contribution is 0.0943. The monoisotopic (exact) mass is 381 g/mol. The van der Waals surface area contributed by atoms with Crippen LogP contribution in [-0.2, 0) is 20.1 Å². The molecule has 0 unspecified atom stereocenters. The minimum atomic E-state index is -0.138. The van der Waals surface area contributed by atoms with Crippen molar-refractivity contribution >= 4 is 17.5 Å². The number of rotatable bonds is 6. The van der Waals surface area contributed by atoms with E-state index in [2.05, 4.69) is 54.6 Å². The fraction of sp³-hybridized carbons (Fsp3) is 0.227. The molecular formula is C22H24ClN3O. The van der Waals surface area contributed by atoms with E-state index in [1.54, 1.807) is 16.8 Å². The summed E-state index contributed by atoms with van der Waals surface area (Å²) in [6.07, 6.45) is 1.72. The predicted octanol–water partition coefficient (Wildman–Crippen LogP) is 4.34. The molecule has 1 amide bonds. The Balaban J connectivity index is 1.76. The van der Waals surface area contributed by atoms with Gasteiger partial charge in [-0.3, -0.25) is 4.79 Å². The number of halogens is 1. The van der Waals surface area contributed by atoms with Crippen molar-refractivity contribution in [3.8, 4) is 11.1 Å². The van der Waals surface area contributed by atoms with Crippen molar-refractivity contribution in [1.82, 2.24) is 14.8 Å². The molecule has 3 aromatic rings. The molecule has 0 saturated heterocycles. The van der Waals surface area contributed by atoms with Crippen LogP contribution in [0.2, 0.25) is 5.02 Å². The summed E-state index contributed by atoms with van der Waals surface area (Å²) in [4.78, 5) is 14.6. The van der Waals surface area contributed by atoms with Crippen LogP contribution in [0.15, 0.2) is 60.8 Å². The Morgan fingerprint density at radius 3 is 2.44 bits per heavy atom. The Bertz CT molecular complexity index is 929. The zero-order chi connectivity index (χ0) is 19.4. The van der Waals surface area contributed by atoms with Gasteiger partial charge in [-0.25, -0.2) is 0 Å². The maximum Gasteiger partial charge on any atom is 0.268 e. The van der Waals surface area contributed by atoms with E-state index in [-0.39, 0.29) is 5.91 Å². The molecule has 1 heterocycles. The molecule has 27 heavy (non-hydrogen) atoms. The van der Waals surface area contributed by atoms with Crippen LogP contribution >= 0.6 is 11.6 Å². The molecule has 0 aliphatic carbocycles. The summed E-state index contributed by atoms with van der Waals surface area (Å²) >= 11 is 5.97. The Hall–Kier alpha value is -2.56. The third-order valence-electron chi connectivity index (χ3n) is 4.42. The van der Waals surface area contributed by atoms with Gasteiger partial charge in [-0.2, -0.15) is 0 Å². The average Bonchev–Trinajstić information content (AvgIpc) is 2.98. The van der Waals surface area contributed by atoms with Crippen LogP contribution in [0.25, 0.3) is 11.1 Å². The van der Waals surface area contributed by atoms with Gasteiger partial charge >= 0.3 is 0 Å². The van der Waals surface area contributed by atoms with Gasteiger partial charge in [0, 0.05) is 26.3 Å². The van der Waals surface area contributed by atoms with Gasteiger partial charge in [-0.05, 0) is 42.4 Å². The zero-order valence-electron chi connectivity index (χ0n) is 15.9. The molecule has 140 valence electrons. The fourth-order valence-electron chi connectivity index (χ4n) is 3.13. The molecule has 0 aliphatic rings. The highest BCUT2D eigenvalue weighted by molar-refractivity contribution is 6.31. The number of benzene rings is 2. The Morgan fingerprint density at radius 1 is 1.11 bits per heavy atom. The van der Waals surface area contributed by atoms with Crippen LogP contribution in [0, 0.1) is 0 Å². The van der Waals surface area contributed by atoms with E-state index in [1.807, 2.05) is 25.2 Å². The van der Waals surface area contributed by atoms with Crippen molar-refractivity contribution in [2.24, 2.45) is 7.05 Å². The molecule has 1 aromatic heterocycles. The zero-order valence-corrected chi connectivity index (χ0v) is 16.6. The molecule has 0 fully saturated rings. The number of amides is 1. The van der Waals surface area contributed by atoms with Crippen LogP contribution in [-0.4, -0.2) is 29.5 Å². The van der Waals surface area contributed by atoms with Gasteiger partial charge in [0.05, 0.1) is 5.02 Å². The smallest absolute Gasteiger partial charge is 0.268 e. The summed E-state index contributed by atoms with van der Waals surface area (Å²) in [5.74, 6) is -0.138. The van der Waals surface area contributed by atoms with Gasteiger partial charge in [0.25, 0.3) is 5.91 Å². The normalized spacial score (nSPS) is 11.0. The minimum absolute atomic E-state index is 0.138. The summed E-state index contributed by atoms with van der Waals surface area (Å²) in [7, 11) is 5.93. The van der Waals surface area contributed by atoms with Crippen LogP contribution in [0.1, 0.15) is 21.6 Å². The summed E-state index contributed by atoms with van der Waals surface area (Å²) in [6, 6.07) is 18.4. The lowest BCUT2D eigenvalue weighted by Crippen LogP contribution is -2.25. The molecular weight excluding hydrogens is 358 g/mol. The van der Waals surface area contributed by atoms with Crippen LogP contribution < -0.4 is 5.32 Å². The first-order chi connectivity index (χ1) is 12.9. The molecule has 0 aliphatic heterocycles. The highest BCUT2D eigenvalue weighted by Gasteiger charge is 2.12. The molecule has 0 atom stereocenters. The van der Waals surface area contributed by atoms with Crippen LogP contribution in [0.3, 0.4) is 0 Å². The van der Waals surface area contributed by atoms with Crippen LogP contribution in [0.4, 0.5) is 0 Å². The van der Waals surface area contributed by atoms with Gasteiger partial charge in [-0.15, -0.1) is 0 Å². The maximum atomic E-state index is 12.5. The van der Waals surface area contributed by atoms with E-state index in [9.17, 15) is 4.79 Å². The molecule has 0 spiro atoms. The lowest BCUT2D eigenvalue weighted by atomic mass is 9.98. The van der Waals surface area contributed by atoms with Crippen molar-refractivity contribution in [3.05, 3.63) is 82.6 Å². The third kappa shape index (κ3) is 4.79. The number of aryl methyl sites for hydroxylation is 1. The van der Waals surface area contributed by atoms with E-state index >= 15 is 0 Å². The number of nitrogens with zero attached hydrogens (tertiary/aromatic N) is 2. The average molecular weight is 382 g/mol. The number of hydrogen-bond acceptors (Lipinski definition) is 2. The summed E-state index contributed by atoms with van der Waals surface area (Å²) in [6.45, 7) is 1.37. The molecule has 5 heteroatoms. The van der Waals surface area contributed by atoms with Crippen molar-refractivity contribution in [1.29, 1.82) is 0 Å². The van der Waals surface area contributed by atoms with E-state index in [1.165, 1.54) is 5.56 Å². The van der Waals surface area contributed by atoms with Gasteiger partial charge in [0.1, 0.15) is 5.69 Å². The summed E-state index contributed by atoms with van der Waals surface area (Å²) < 4.78 is 1.73. The summed E-state index contributed by atoms with van der Waals surface area (Å²) in [5.41, 5.74) is 5.16. The van der Waals surface area contributed by atoms with Crippen molar-refractivity contribution in [2.75, 3.05) is 14.1 Å². The lowest BCUT2D eigenvalue weighted by Gasteiger charge is -2.13. The van der Waals surface area contributed by atoms with E-state index in [4.69, 9.17) is 11.6 Å². The highest BCUT2D eigenvalue weighted by Crippen LogP contribution is 2.24. The molecule has 0 saturated carbocycles. The first kappa shape index (κ1) is 19.2. The number of nitrogens with one attached hydrogen (secondary N) is 1. The van der Waals surface area contributed by atoms with E-state index < -0.39 is 0 Å². The number of carbonyl (C=O) groups is 1. The first-order valence-corrected chi connectivity index (χ1v) is 9.24. The molecule has 1 N–H and O–H groups in total. The largest absolute Gasteiger partial charge is 0.347 e. The first-order valence-electron chi connectivity index (χ1n) is 8.86. The highest BCUT2D eigenvalue weighted by atomic mass is 35.5. The van der Waals surface area contributed by atoms with Gasteiger partial charge in [0.2, 0.25) is 0 Å². The van der Waals surface area contributed by atoms with Crippen molar-refractivity contribution in [2.45, 2.75) is 13.1 Å². The van der Waals surface area contributed by atoms with E-state index in [0.29, 0.717) is 17.3 Å². The van der Waals surface area contributed by atoms with Crippen molar-refractivity contribution in [3.63, 3.8) is 0 Å². The second kappa shape index (κ2) is 8.42. The second-order valence-corrected chi connectivity index (χ2v) is 7.37. The molecule has 2 aromatic carbocycles. The predicted molar refractivity (Wildman–Crippen MR) is 111 cm³/mol. The van der Waals surface area contributed by atoms with Gasteiger partial charge in [0.15, 0.2) is 0 Å². The maximum absolute atomic E-state index is 12.5. The fourth-order valence-corrected chi connectivity index (χ4v) is 3.38. The Kier molecular flexibility index (Phi) is 5.99.